The topological polar surface area (TPSA) is 93.4 Å². The molecule has 1 unspecified atom stereocenters. The second kappa shape index (κ2) is 6.44. The van der Waals surface area contributed by atoms with Gasteiger partial charge in [0.05, 0.1) is 6.10 Å². The number of amides is 1. The van der Waals surface area contributed by atoms with E-state index in [1.54, 1.807) is 24.1 Å². The number of nitrogens with one attached hydrogen (secondary N) is 1. The van der Waals surface area contributed by atoms with E-state index in [4.69, 9.17) is 10.6 Å². The first-order valence-electron chi connectivity index (χ1n) is 6.38. The van der Waals surface area contributed by atoms with E-state index in [0.717, 1.165) is 25.9 Å². The number of nitrogen functional groups attached to an aromatic ring is 1. The van der Waals surface area contributed by atoms with Crippen LogP contribution in [-0.4, -0.2) is 47.3 Å². The smallest absolute Gasteiger partial charge is 0.274 e. The van der Waals surface area contributed by atoms with E-state index >= 15 is 0 Å². The Kier molecular flexibility index (Phi) is 4.64. The highest BCUT2D eigenvalue weighted by molar-refractivity contribution is 5.92. The largest absolute Gasteiger partial charge is 0.376 e. The zero-order valence-electron chi connectivity index (χ0n) is 11.0. The first-order valence-corrected chi connectivity index (χ1v) is 6.38. The Morgan fingerprint density at radius 3 is 2.95 bits per heavy atom. The molecule has 3 N–H and O–H groups in total. The van der Waals surface area contributed by atoms with E-state index in [2.05, 4.69) is 15.6 Å². The number of rotatable bonds is 4. The van der Waals surface area contributed by atoms with E-state index < -0.39 is 0 Å². The summed E-state index contributed by atoms with van der Waals surface area (Å²) in [6, 6.07) is 3.22. The number of anilines is 1. The summed E-state index contributed by atoms with van der Waals surface area (Å²) in [5.74, 6) is 5.46. The van der Waals surface area contributed by atoms with Crippen LogP contribution < -0.4 is 11.3 Å². The SMILES string of the molecule is CN(CC1CCCCO1)C(=O)c1ccc(NN)nn1. The average Bonchev–Trinajstić information content (AvgIpc) is 2.47. The molecule has 19 heavy (non-hydrogen) atoms. The van der Waals surface area contributed by atoms with Crippen LogP contribution in [0.25, 0.3) is 0 Å². The average molecular weight is 265 g/mol. The van der Waals surface area contributed by atoms with Gasteiger partial charge < -0.3 is 15.1 Å². The lowest BCUT2D eigenvalue weighted by molar-refractivity contribution is -0.000309. The normalized spacial score (nSPS) is 18.9. The van der Waals surface area contributed by atoms with Crippen LogP contribution in [0.4, 0.5) is 5.82 Å². The third-order valence-electron chi connectivity index (χ3n) is 3.13. The number of carbonyl (C=O) groups excluding carboxylic acids is 1. The number of nitrogens with two attached hydrogens (primary N) is 1. The lowest BCUT2D eigenvalue weighted by Crippen LogP contribution is -2.37. The Labute approximate surface area is 112 Å². The molecule has 0 spiro atoms. The van der Waals surface area contributed by atoms with Crippen LogP contribution in [0.15, 0.2) is 12.1 Å². The van der Waals surface area contributed by atoms with Crippen molar-refractivity contribution in [3.05, 3.63) is 17.8 Å². The number of nitrogens with zero attached hydrogens (tertiary/aromatic N) is 3. The second-order valence-corrected chi connectivity index (χ2v) is 4.62. The predicted molar refractivity (Wildman–Crippen MR) is 70.4 cm³/mol. The molecule has 0 bridgehead atoms. The van der Waals surface area contributed by atoms with Crippen molar-refractivity contribution < 1.29 is 9.53 Å². The molecular weight excluding hydrogens is 246 g/mol. The summed E-state index contributed by atoms with van der Waals surface area (Å²) < 4.78 is 5.61. The Morgan fingerprint density at radius 1 is 1.53 bits per heavy atom. The molecule has 0 aromatic carbocycles. The van der Waals surface area contributed by atoms with Gasteiger partial charge in [-0.1, -0.05) is 0 Å². The molecule has 0 saturated carbocycles. The second-order valence-electron chi connectivity index (χ2n) is 4.62. The quantitative estimate of drug-likeness (QED) is 0.604. The molecule has 0 radical (unpaired) electrons. The maximum atomic E-state index is 12.1. The van der Waals surface area contributed by atoms with Crippen LogP contribution in [0, 0.1) is 0 Å². The van der Waals surface area contributed by atoms with Crippen molar-refractivity contribution in [3.63, 3.8) is 0 Å². The minimum Gasteiger partial charge on any atom is -0.376 e. The highest BCUT2D eigenvalue weighted by atomic mass is 16.5. The number of hydrazine groups is 1. The molecule has 1 saturated heterocycles. The summed E-state index contributed by atoms with van der Waals surface area (Å²) in [6.45, 7) is 1.36. The minimum absolute atomic E-state index is 0.126. The van der Waals surface area contributed by atoms with Gasteiger partial charge in [-0.25, -0.2) is 5.84 Å². The lowest BCUT2D eigenvalue weighted by atomic mass is 10.1. The number of ether oxygens (including phenoxy) is 1. The molecule has 0 aliphatic carbocycles. The van der Waals surface area contributed by atoms with Crippen LogP contribution in [-0.2, 0) is 4.74 Å². The van der Waals surface area contributed by atoms with Crippen molar-refractivity contribution in [2.24, 2.45) is 5.84 Å². The van der Waals surface area contributed by atoms with Crippen molar-refractivity contribution in [1.29, 1.82) is 0 Å². The monoisotopic (exact) mass is 265 g/mol. The van der Waals surface area contributed by atoms with Gasteiger partial charge in [0, 0.05) is 20.2 Å². The van der Waals surface area contributed by atoms with E-state index in [0.29, 0.717) is 18.1 Å². The highest BCUT2D eigenvalue weighted by Gasteiger charge is 2.20. The van der Waals surface area contributed by atoms with E-state index in [1.165, 1.54) is 0 Å². The van der Waals surface area contributed by atoms with Gasteiger partial charge in [-0.15, -0.1) is 10.2 Å². The summed E-state index contributed by atoms with van der Waals surface area (Å²) in [4.78, 5) is 13.8. The van der Waals surface area contributed by atoms with Gasteiger partial charge in [0.25, 0.3) is 5.91 Å². The number of carbonyl (C=O) groups is 1. The van der Waals surface area contributed by atoms with Gasteiger partial charge in [-0.05, 0) is 31.4 Å². The molecule has 1 aliphatic heterocycles. The molecular formula is C12H19N5O2. The summed E-state index contributed by atoms with van der Waals surface area (Å²) in [5.41, 5.74) is 2.67. The summed E-state index contributed by atoms with van der Waals surface area (Å²) in [6.07, 6.45) is 3.39. The Bertz CT molecular complexity index is 417. The van der Waals surface area contributed by atoms with Crippen molar-refractivity contribution >= 4 is 11.7 Å². The van der Waals surface area contributed by atoms with Crippen LogP contribution in [0.1, 0.15) is 29.8 Å². The molecule has 1 aliphatic rings. The van der Waals surface area contributed by atoms with Crippen molar-refractivity contribution in [2.45, 2.75) is 25.4 Å². The maximum Gasteiger partial charge on any atom is 0.274 e. The molecule has 7 nitrogen and oxygen atoms in total. The number of likely N-dealkylation sites (N-methyl/N-ethyl adjacent to an activating group) is 1. The fourth-order valence-electron chi connectivity index (χ4n) is 2.06. The number of hydrogen-bond acceptors (Lipinski definition) is 6. The molecule has 7 heteroatoms. The Balaban J connectivity index is 1.93. The molecule has 1 aromatic heterocycles. The number of aromatic nitrogens is 2. The number of hydrogen-bond donors (Lipinski definition) is 2. The standard InChI is InChI=1S/C12H19N5O2/c1-17(8-9-4-2-3-7-19-9)12(18)10-5-6-11(14-13)16-15-10/h5-6,9H,2-4,7-8,13H2,1H3,(H,14,16). The highest BCUT2D eigenvalue weighted by Crippen LogP contribution is 2.14. The molecule has 2 rings (SSSR count). The van der Waals surface area contributed by atoms with Crippen LogP contribution in [0.2, 0.25) is 0 Å². The van der Waals surface area contributed by atoms with E-state index in [9.17, 15) is 4.79 Å². The van der Waals surface area contributed by atoms with Crippen LogP contribution in [0.3, 0.4) is 0 Å². The first-order chi connectivity index (χ1) is 9.20. The summed E-state index contributed by atoms with van der Waals surface area (Å²) in [5, 5.41) is 7.62. The van der Waals surface area contributed by atoms with E-state index in [-0.39, 0.29) is 12.0 Å². The first kappa shape index (κ1) is 13.7. The molecule has 1 fully saturated rings. The fourth-order valence-corrected chi connectivity index (χ4v) is 2.06. The molecule has 104 valence electrons. The van der Waals surface area contributed by atoms with Crippen molar-refractivity contribution in [1.82, 2.24) is 15.1 Å². The maximum absolute atomic E-state index is 12.1. The molecule has 1 atom stereocenters. The van der Waals surface area contributed by atoms with Crippen LogP contribution in [0.5, 0.6) is 0 Å². The van der Waals surface area contributed by atoms with E-state index in [1.807, 2.05) is 0 Å². The minimum atomic E-state index is -0.162. The van der Waals surface area contributed by atoms with Gasteiger partial charge in [0.1, 0.15) is 0 Å². The van der Waals surface area contributed by atoms with Gasteiger partial charge >= 0.3 is 0 Å². The fraction of sp³-hybridized carbons (Fsp3) is 0.583. The zero-order chi connectivity index (χ0) is 13.7. The molecule has 1 amide bonds. The molecule has 1 aromatic rings. The van der Waals surface area contributed by atoms with Crippen molar-refractivity contribution in [2.75, 3.05) is 25.6 Å². The van der Waals surface area contributed by atoms with Gasteiger partial charge in [-0.3, -0.25) is 4.79 Å². The Morgan fingerprint density at radius 2 is 2.37 bits per heavy atom. The summed E-state index contributed by atoms with van der Waals surface area (Å²) >= 11 is 0. The zero-order valence-corrected chi connectivity index (χ0v) is 11.0. The Hall–Kier alpha value is -1.73. The van der Waals surface area contributed by atoms with Gasteiger partial charge in [0.2, 0.25) is 0 Å². The predicted octanol–water partition coefficient (Wildman–Crippen LogP) is 0.403. The summed E-state index contributed by atoms with van der Waals surface area (Å²) in [7, 11) is 1.75. The van der Waals surface area contributed by atoms with Gasteiger partial charge in [0.15, 0.2) is 11.5 Å². The van der Waals surface area contributed by atoms with Gasteiger partial charge in [-0.2, -0.15) is 0 Å². The molecule has 2 heterocycles. The van der Waals surface area contributed by atoms with Crippen molar-refractivity contribution in [3.8, 4) is 0 Å². The lowest BCUT2D eigenvalue weighted by Gasteiger charge is -2.27. The third-order valence-corrected chi connectivity index (χ3v) is 3.13. The third kappa shape index (κ3) is 3.62. The van der Waals surface area contributed by atoms with Crippen LogP contribution >= 0.6 is 0 Å².